The fourth-order valence-corrected chi connectivity index (χ4v) is 6.19. The van der Waals surface area contributed by atoms with E-state index in [4.69, 9.17) is 37.7 Å². The zero-order chi connectivity index (χ0) is 27.4. The van der Waals surface area contributed by atoms with Gasteiger partial charge in [-0.1, -0.05) is 11.6 Å². The molecule has 1 atom stereocenters. The number of fused-ring (bicyclic) bond motifs is 2. The summed E-state index contributed by atoms with van der Waals surface area (Å²) in [5.41, 5.74) is 4.23. The van der Waals surface area contributed by atoms with Crippen LogP contribution in [0.3, 0.4) is 0 Å². The Morgan fingerprint density at radius 1 is 1.00 bits per heavy atom. The molecule has 0 N–H and O–H groups in total. The van der Waals surface area contributed by atoms with Gasteiger partial charge < -0.3 is 14.4 Å². The van der Waals surface area contributed by atoms with Gasteiger partial charge in [-0.05, 0) is 68.1 Å². The second-order valence-corrected chi connectivity index (χ2v) is 10.8. The molecule has 9 nitrogen and oxygen atoms in total. The summed E-state index contributed by atoms with van der Waals surface area (Å²) in [7, 11) is 0. The highest BCUT2D eigenvalue weighted by Gasteiger charge is 2.28. The number of aryl methyl sites for hydroxylation is 1. The highest BCUT2D eigenvalue weighted by molar-refractivity contribution is 6.35. The minimum absolute atomic E-state index is 0.264. The smallest absolute Gasteiger partial charge is 0.227 e. The van der Waals surface area contributed by atoms with Crippen molar-refractivity contribution in [3.63, 3.8) is 0 Å². The summed E-state index contributed by atoms with van der Waals surface area (Å²) < 4.78 is 30.8. The van der Waals surface area contributed by atoms with E-state index in [1.165, 1.54) is 12.1 Å². The lowest BCUT2D eigenvalue weighted by atomic mass is 10.1. The molecule has 2 aliphatic rings. The molecule has 0 aliphatic carbocycles. The van der Waals surface area contributed by atoms with Crippen molar-refractivity contribution in [2.75, 3.05) is 37.8 Å². The van der Waals surface area contributed by atoms with Crippen molar-refractivity contribution in [1.29, 1.82) is 0 Å². The number of aromatic nitrogens is 6. The first kappa shape index (κ1) is 25.6. The molecule has 7 rings (SSSR count). The van der Waals surface area contributed by atoms with Crippen LogP contribution in [0.2, 0.25) is 10.3 Å². The summed E-state index contributed by atoms with van der Waals surface area (Å²) in [6, 6.07) is 8.83. The van der Waals surface area contributed by atoms with Gasteiger partial charge in [0.1, 0.15) is 23.4 Å². The maximum Gasteiger partial charge on any atom is 0.227 e. The van der Waals surface area contributed by atoms with E-state index in [1.54, 1.807) is 12.3 Å². The minimum atomic E-state index is -0.408. The van der Waals surface area contributed by atoms with Crippen LogP contribution in [0.1, 0.15) is 31.3 Å². The molecule has 3 aromatic heterocycles. The van der Waals surface area contributed by atoms with E-state index >= 15 is 4.39 Å². The fourth-order valence-electron chi connectivity index (χ4n) is 5.76. The van der Waals surface area contributed by atoms with Gasteiger partial charge >= 0.3 is 0 Å². The van der Waals surface area contributed by atoms with Crippen molar-refractivity contribution in [1.82, 2.24) is 29.3 Å². The molecule has 0 spiro atoms. The Kier molecular flexibility index (Phi) is 6.58. The van der Waals surface area contributed by atoms with E-state index in [0.29, 0.717) is 58.6 Å². The van der Waals surface area contributed by atoms with Crippen molar-refractivity contribution in [3.8, 4) is 17.1 Å². The van der Waals surface area contributed by atoms with Crippen LogP contribution in [0.5, 0.6) is 0 Å². The first-order valence-electron chi connectivity index (χ1n) is 13.3. The standard InChI is InChI=1S/C28H26Cl2FN7O2/c1-16-33-25-18(27-34-35-28(30)38(27)23-4-2-3-11-40-23)14-17(36-9-12-39-13-10-36)15-22(25)37(16)21-7-8-32-26-19(29)5-6-20(31)24(21)26/h5-8,14-15,23H,2-4,9-13H2,1H3. The van der Waals surface area contributed by atoms with Gasteiger partial charge in [-0.2, -0.15) is 0 Å². The number of halogens is 3. The Morgan fingerprint density at radius 2 is 1.85 bits per heavy atom. The van der Waals surface area contributed by atoms with Gasteiger partial charge in [0.05, 0.1) is 40.3 Å². The van der Waals surface area contributed by atoms with Crippen LogP contribution in [0.25, 0.3) is 39.0 Å². The third kappa shape index (κ3) is 4.21. The average molecular weight is 582 g/mol. The summed E-state index contributed by atoms with van der Waals surface area (Å²) in [6.45, 7) is 5.28. The van der Waals surface area contributed by atoms with E-state index in [9.17, 15) is 0 Å². The van der Waals surface area contributed by atoms with Crippen molar-refractivity contribution in [3.05, 3.63) is 58.5 Å². The molecular weight excluding hydrogens is 556 g/mol. The van der Waals surface area contributed by atoms with Gasteiger partial charge in [-0.25, -0.2) is 9.37 Å². The Labute approximate surface area is 239 Å². The molecule has 2 fully saturated rings. The molecule has 0 amide bonds. The molecule has 0 radical (unpaired) electrons. The van der Waals surface area contributed by atoms with E-state index in [-0.39, 0.29) is 11.5 Å². The molecule has 5 heterocycles. The number of benzene rings is 2. The number of hydrogen-bond donors (Lipinski definition) is 0. The first-order chi connectivity index (χ1) is 19.5. The topological polar surface area (TPSA) is 83.1 Å². The van der Waals surface area contributed by atoms with Crippen LogP contribution in [0, 0.1) is 12.7 Å². The van der Waals surface area contributed by atoms with E-state index in [2.05, 4.69) is 32.2 Å². The Bertz CT molecular complexity index is 1740. The molecule has 5 aromatic rings. The monoisotopic (exact) mass is 581 g/mol. The first-order valence-corrected chi connectivity index (χ1v) is 14.1. The van der Waals surface area contributed by atoms with Crippen LogP contribution in [0.4, 0.5) is 10.1 Å². The Balaban J connectivity index is 1.51. The molecule has 2 aromatic carbocycles. The molecular formula is C28H26Cl2FN7O2. The number of nitrogens with zero attached hydrogens (tertiary/aromatic N) is 7. The molecule has 2 aliphatic heterocycles. The quantitative estimate of drug-likeness (QED) is 0.253. The fraction of sp³-hybridized carbons (Fsp3) is 0.357. The average Bonchev–Trinajstić information content (AvgIpc) is 3.54. The number of anilines is 1. The largest absolute Gasteiger partial charge is 0.378 e. The number of ether oxygens (including phenoxy) is 2. The maximum absolute atomic E-state index is 15.3. The molecule has 0 bridgehead atoms. The lowest BCUT2D eigenvalue weighted by Gasteiger charge is -2.29. The van der Waals surface area contributed by atoms with E-state index in [0.717, 1.165) is 49.1 Å². The Morgan fingerprint density at radius 3 is 2.65 bits per heavy atom. The zero-order valence-electron chi connectivity index (χ0n) is 21.8. The highest BCUT2D eigenvalue weighted by Crippen LogP contribution is 2.39. The van der Waals surface area contributed by atoms with Crippen LogP contribution < -0.4 is 4.90 Å². The van der Waals surface area contributed by atoms with Gasteiger partial charge in [-0.15, -0.1) is 10.2 Å². The summed E-state index contributed by atoms with van der Waals surface area (Å²) in [5, 5.41) is 9.71. The summed E-state index contributed by atoms with van der Waals surface area (Å²) >= 11 is 13.0. The van der Waals surface area contributed by atoms with Crippen molar-refractivity contribution < 1.29 is 13.9 Å². The molecule has 206 valence electrons. The SMILES string of the molecule is Cc1nc2c(-c3nnc(Cl)n3C3CCCCO3)cc(N3CCOCC3)cc2n1-c1ccnc2c(Cl)ccc(F)c12. The van der Waals surface area contributed by atoms with Gasteiger partial charge in [0.2, 0.25) is 5.28 Å². The third-order valence-electron chi connectivity index (χ3n) is 7.64. The third-order valence-corrected chi connectivity index (χ3v) is 8.20. The van der Waals surface area contributed by atoms with E-state index < -0.39 is 5.82 Å². The predicted molar refractivity (Wildman–Crippen MR) is 152 cm³/mol. The molecule has 40 heavy (non-hydrogen) atoms. The lowest BCUT2D eigenvalue weighted by molar-refractivity contribution is -0.0309. The summed E-state index contributed by atoms with van der Waals surface area (Å²) in [6.07, 6.45) is 4.22. The van der Waals surface area contributed by atoms with Crippen molar-refractivity contribution >= 4 is 50.8 Å². The molecule has 0 saturated carbocycles. The lowest BCUT2D eigenvalue weighted by Crippen LogP contribution is -2.36. The predicted octanol–water partition coefficient (Wildman–Crippen LogP) is 6.12. The Hall–Kier alpha value is -3.31. The molecule has 2 saturated heterocycles. The molecule has 1 unspecified atom stereocenters. The second kappa shape index (κ2) is 10.3. The zero-order valence-corrected chi connectivity index (χ0v) is 23.3. The van der Waals surface area contributed by atoms with Gasteiger partial charge in [-0.3, -0.25) is 14.1 Å². The minimum Gasteiger partial charge on any atom is -0.378 e. The number of hydrogen-bond acceptors (Lipinski definition) is 7. The van der Waals surface area contributed by atoms with Crippen LogP contribution in [-0.2, 0) is 9.47 Å². The van der Waals surface area contributed by atoms with Crippen LogP contribution >= 0.6 is 23.2 Å². The van der Waals surface area contributed by atoms with Gasteiger partial charge in [0, 0.05) is 37.1 Å². The summed E-state index contributed by atoms with van der Waals surface area (Å²) in [5.74, 6) is 0.845. The number of morpholine rings is 1. The second-order valence-electron chi connectivity index (χ2n) is 10.0. The number of pyridine rings is 1. The highest BCUT2D eigenvalue weighted by atomic mass is 35.5. The van der Waals surface area contributed by atoms with Gasteiger partial charge in [0.25, 0.3) is 0 Å². The number of rotatable bonds is 4. The van der Waals surface area contributed by atoms with Crippen molar-refractivity contribution in [2.24, 2.45) is 0 Å². The van der Waals surface area contributed by atoms with Gasteiger partial charge in [0.15, 0.2) is 5.82 Å². The number of imidazole rings is 1. The maximum atomic E-state index is 15.3. The summed E-state index contributed by atoms with van der Waals surface area (Å²) in [4.78, 5) is 11.6. The normalized spacial score (nSPS) is 18.2. The van der Waals surface area contributed by atoms with Crippen LogP contribution in [0.15, 0.2) is 36.5 Å². The van der Waals surface area contributed by atoms with E-state index in [1.807, 2.05) is 16.1 Å². The van der Waals surface area contributed by atoms with Crippen molar-refractivity contribution in [2.45, 2.75) is 32.4 Å². The molecule has 12 heteroatoms. The van der Waals surface area contributed by atoms with Crippen LogP contribution in [-0.4, -0.2) is 62.2 Å².